The van der Waals surface area contributed by atoms with E-state index in [4.69, 9.17) is 4.74 Å². The minimum atomic E-state index is -1.28. The van der Waals surface area contributed by atoms with Gasteiger partial charge in [0.15, 0.2) is 0 Å². The second-order valence-corrected chi connectivity index (χ2v) is 12.6. The van der Waals surface area contributed by atoms with Gasteiger partial charge in [-0.1, -0.05) is 12.1 Å². The molecular weight excluding hydrogens is 724 g/mol. The highest BCUT2D eigenvalue weighted by Gasteiger charge is 2.24. The molecule has 0 fully saturated rings. The van der Waals surface area contributed by atoms with Crippen LogP contribution in [0, 0.1) is 30.2 Å². The molecule has 4 heterocycles. The largest absolute Gasteiger partial charge is 0.477 e. The summed E-state index contributed by atoms with van der Waals surface area (Å²) in [5, 5.41) is 15.8. The van der Waals surface area contributed by atoms with Crippen LogP contribution < -0.4 is 26.5 Å². The van der Waals surface area contributed by atoms with Gasteiger partial charge in [0.25, 0.3) is 11.1 Å². The Kier molecular flexibility index (Phi) is 11.4. The lowest BCUT2D eigenvalue weighted by Crippen LogP contribution is -2.35. The quantitative estimate of drug-likeness (QED) is 0.127. The number of ether oxygens (including phenoxy) is 1. The standard InChI is InChI=1S/C39H34F4N6O6/c1-3-55-38-27-12-22(13-34(51)46-17-21-4-5-23(40)14-29(21)42)39(54)49(33(27)9-11-45-38)18-28-26(37(53)48-31-8-10-44-20(2)36(28)31)16-35(52)47-32(19-50)25-7-6-24(41)15-30(25)43/h4-12,14-15,32,50H,3,13,16-19H2,1-2H3,(H,46,51)(H,47,52)(H,48,53)/t32-/m0/s1. The van der Waals surface area contributed by atoms with Crippen molar-refractivity contribution >= 4 is 33.6 Å². The molecular formula is C39H34F4N6O6. The SMILES string of the molecule is CCOc1nccc2c1cc(CC(=O)NCc1ccc(F)cc1F)c(=O)n2Cc1c(CC(=O)N[C@@H](CO)c2ccc(F)cc2F)c(=O)[nH]c2ccnc(C)c12. The van der Waals surface area contributed by atoms with Crippen molar-refractivity contribution in [1.29, 1.82) is 0 Å². The Hall–Kier alpha value is -6.42. The van der Waals surface area contributed by atoms with Crippen LogP contribution in [-0.4, -0.2) is 49.7 Å². The minimum absolute atomic E-state index is 0.00562. The topological polar surface area (TPSA) is 168 Å². The fourth-order valence-electron chi connectivity index (χ4n) is 6.43. The Bertz CT molecular complexity index is 2580. The van der Waals surface area contributed by atoms with E-state index in [0.29, 0.717) is 39.6 Å². The van der Waals surface area contributed by atoms with Gasteiger partial charge >= 0.3 is 0 Å². The highest BCUT2D eigenvalue weighted by atomic mass is 19.1. The summed E-state index contributed by atoms with van der Waals surface area (Å²) in [6.45, 7) is 2.29. The first-order chi connectivity index (χ1) is 26.4. The fraction of sp³-hybridized carbons (Fsp3) is 0.231. The molecule has 2 amide bonds. The Morgan fingerprint density at radius 2 is 1.62 bits per heavy atom. The molecule has 0 saturated heterocycles. The molecule has 284 valence electrons. The number of halogens is 4. The second kappa shape index (κ2) is 16.3. The van der Waals surface area contributed by atoms with E-state index in [1.54, 1.807) is 26.0 Å². The van der Waals surface area contributed by atoms with E-state index in [1.807, 2.05) is 0 Å². The van der Waals surface area contributed by atoms with Crippen molar-refractivity contribution in [3.8, 4) is 5.88 Å². The number of benzene rings is 2. The van der Waals surface area contributed by atoms with E-state index in [1.165, 1.54) is 29.1 Å². The van der Waals surface area contributed by atoms with Gasteiger partial charge in [0.05, 0.1) is 55.1 Å². The molecule has 2 aromatic carbocycles. The summed E-state index contributed by atoms with van der Waals surface area (Å²) in [4.78, 5) is 66.2. The van der Waals surface area contributed by atoms with E-state index >= 15 is 0 Å². The van der Waals surface area contributed by atoms with Crippen molar-refractivity contribution in [2.24, 2.45) is 0 Å². The first-order valence-electron chi connectivity index (χ1n) is 17.1. The molecule has 0 aliphatic heterocycles. The minimum Gasteiger partial charge on any atom is -0.477 e. The van der Waals surface area contributed by atoms with Gasteiger partial charge in [-0.2, -0.15) is 0 Å². The number of rotatable bonds is 13. The summed E-state index contributed by atoms with van der Waals surface area (Å²) in [5.41, 5.74) is -0.168. The maximum Gasteiger partial charge on any atom is 0.255 e. The van der Waals surface area contributed by atoms with E-state index in [2.05, 4.69) is 25.6 Å². The number of hydrogen-bond donors (Lipinski definition) is 4. The molecule has 16 heteroatoms. The van der Waals surface area contributed by atoms with Gasteiger partial charge in [-0.25, -0.2) is 22.5 Å². The number of aromatic amines is 1. The number of H-pyrrole nitrogens is 1. The van der Waals surface area contributed by atoms with Gasteiger partial charge in [0.1, 0.15) is 23.3 Å². The van der Waals surface area contributed by atoms with Crippen molar-refractivity contribution in [3.63, 3.8) is 0 Å². The van der Waals surface area contributed by atoms with Crippen LogP contribution in [0.1, 0.15) is 46.5 Å². The zero-order valence-corrected chi connectivity index (χ0v) is 29.5. The molecule has 0 bridgehead atoms. The number of hydrogen-bond acceptors (Lipinski definition) is 8. The lowest BCUT2D eigenvalue weighted by atomic mass is 9.98. The number of aliphatic hydroxyl groups excluding tert-OH is 1. The first-order valence-corrected chi connectivity index (χ1v) is 17.1. The number of carbonyl (C=O) groups is 2. The molecule has 6 aromatic rings. The Labute approximate surface area is 309 Å². The summed E-state index contributed by atoms with van der Waals surface area (Å²) < 4.78 is 62.9. The number of aliphatic hydroxyl groups is 1. The first kappa shape index (κ1) is 38.3. The molecule has 0 aliphatic rings. The third-order valence-electron chi connectivity index (χ3n) is 9.02. The van der Waals surface area contributed by atoms with Crippen LogP contribution in [0.25, 0.3) is 21.8 Å². The lowest BCUT2D eigenvalue weighted by molar-refractivity contribution is -0.122. The molecule has 4 N–H and O–H groups in total. The second-order valence-electron chi connectivity index (χ2n) is 12.6. The molecule has 0 saturated carbocycles. The maximum atomic E-state index is 14.6. The van der Waals surface area contributed by atoms with Crippen molar-refractivity contribution in [2.75, 3.05) is 13.2 Å². The van der Waals surface area contributed by atoms with Gasteiger partial charge in [0.2, 0.25) is 17.7 Å². The van der Waals surface area contributed by atoms with Crippen LogP contribution >= 0.6 is 0 Å². The van der Waals surface area contributed by atoms with Crippen molar-refractivity contribution in [3.05, 3.63) is 144 Å². The average molecular weight is 759 g/mol. The molecule has 4 aromatic heterocycles. The highest BCUT2D eigenvalue weighted by Crippen LogP contribution is 2.27. The molecule has 0 unspecified atom stereocenters. The van der Waals surface area contributed by atoms with E-state index < -0.39 is 71.7 Å². The van der Waals surface area contributed by atoms with Crippen molar-refractivity contribution in [2.45, 2.75) is 45.8 Å². The number of aryl methyl sites for hydroxylation is 1. The molecule has 0 radical (unpaired) electrons. The molecule has 55 heavy (non-hydrogen) atoms. The van der Waals surface area contributed by atoms with Crippen molar-refractivity contribution < 1.29 is 37.0 Å². The number of nitrogens with zero attached hydrogens (tertiary/aromatic N) is 3. The maximum absolute atomic E-state index is 14.6. The van der Waals surface area contributed by atoms with E-state index in [-0.39, 0.29) is 53.4 Å². The van der Waals surface area contributed by atoms with Gasteiger partial charge in [-0.3, -0.25) is 24.2 Å². The summed E-state index contributed by atoms with van der Waals surface area (Å²) in [7, 11) is 0. The van der Waals surface area contributed by atoms with Crippen LogP contribution in [-0.2, 0) is 35.5 Å². The fourth-order valence-corrected chi connectivity index (χ4v) is 6.43. The summed E-state index contributed by atoms with van der Waals surface area (Å²) >= 11 is 0. The number of pyridine rings is 4. The van der Waals surface area contributed by atoms with E-state index in [0.717, 1.165) is 18.2 Å². The monoisotopic (exact) mass is 758 g/mol. The molecule has 12 nitrogen and oxygen atoms in total. The average Bonchev–Trinajstić information content (AvgIpc) is 3.13. The summed E-state index contributed by atoms with van der Waals surface area (Å²) in [5.74, 6) is -4.76. The smallest absolute Gasteiger partial charge is 0.255 e. The molecule has 6 rings (SSSR count). The summed E-state index contributed by atoms with van der Waals surface area (Å²) in [6, 6.07) is 8.91. The van der Waals surface area contributed by atoms with Crippen LogP contribution in [0.15, 0.2) is 76.6 Å². The number of aromatic nitrogens is 4. The normalized spacial score (nSPS) is 11.8. The predicted octanol–water partition coefficient (Wildman–Crippen LogP) is 4.20. The molecule has 1 atom stereocenters. The lowest BCUT2D eigenvalue weighted by Gasteiger charge is -2.20. The van der Waals surface area contributed by atoms with Crippen LogP contribution in [0.4, 0.5) is 17.6 Å². The van der Waals surface area contributed by atoms with Gasteiger partial charge < -0.3 is 30.0 Å². The molecule has 0 spiro atoms. The molecule has 0 aliphatic carbocycles. The van der Waals surface area contributed by atoms with Crippen LogP contribution in [0.3, 0.4) is 0 Å². The van der Waals surface area contributed by atoms with Crippen molar-refractivity contribution in [1.82, 2.24) is 30.2 Å². The number of carbonyl (C=O) groups excluding carboxylic acids is 2. The third kappa shape index (κ3) is 8.23. The third-order valence-corrected chi connectivity index (χ3v) is 9.02. The number of fused-ring (bicyclic) bond motifs is 2. The zero-order valence-electron chi connectivity index (χ0n) is 29.5. The Morgan fingerprint density at radius 1 is 0.891 bits per heavy atom. The van der Waals surface area contributed by atoms with Gasteiger partial charge in [-0.05, 0) is 49.7 Å². The Morgan fingerprint density at radius 3 is 2.33 bits per heavy atom. The van der Waals surface area contributed by atoms with Crippen LogP contribution in [0.5, 0.6) is 5.88 Å². The zero-order chi connectivity index (χ0) is 39.4. The predicted molar refractivity (Wildman–Crippen MR) is 193 cm³/mol. The van der Waals surface area contributed by atoms with Crippen LogP contribution in [0.2, 0.25) is 0 Å². The van der Waals surface area contributed by atoms with Gasteiger partial charge in [0, 0.05) is 64.4 Å². The van der Waals surface area contributed by atoms with E-state index in [9.17, 15) is 41.8 Å². The number of nitrogens with one attached hydrogen (secondary N) is 3. The highest BCUT2D eigenvalue weighted by molar-refractivity contribution is 5.89. The summed E-state index contributed by atoms with van der Waals surface area (Å²) in [6.07, 6.45) is 1.85. The van der Waals surface area contributed by atoms with Gasteiger partial charge in [-0.15, -0.1) is 0 Å². The number of amides is 2. The Balaban J connectivity index is 1.43.